The van der Waals surface area contributed by atoms with Gasteiger partial charge in [-0.15, -0.1) is 11.8 Å². The van der Waals surface area contributed by atoms with E-state index in [1.165, 1.54) is 11.8 Å². The zero-order chi connectivity index (χ0) is 11.7. The second-order valence-electron chi connectivity index (χ2n) is 4.44. The fourth-order valence-electron chi connectivity index (χ4n) is 1.18. The van der Waals surface area contributed by atoms with E-state index in [1.807, 2.05) is 0 Å². The van der Waals surface area contributed by atoms with Crippen LogP contribution in [-0.2, 0) is 14.3 Å². The van der Waals surface area contributed by atoms with E-state index < -0.39 is 23.0 Å². The van der Waals surface area contributed by atoms with Gasteiger partial charge in [-0.05, 0) is 20.8 Å². The molecule has 0 saturated carbocycles. The van der Waals surface area contributed by atoms with E-state index in [1.54, 1.807) is 20.8 Å². The minimum atomic E-state index is -1.35. The number of thioether (sulfide) groups is 1. The number of rotatable bonds is 2. The number of ether oxygens (including phenoxy) is 1. The highest BCUT2D eigenvalue weighted by atomic mass is 32.2. The minimum absolute atomic E-state index is 0.331. The third kappa shape index (κ3) is 2.63. The standard InChI is InChI=1S/C9H16N2O3S/c1-8(2,3)14-7(13)9(6(10)12)4-15-5-11-9/h11H,4-5H2,1-3H3,(H2,10,12). The molecule has 0 aromatic rings. The number of primary amides is 1. The zero-order valence-electron chi connectivity index (χ0n) is 9.12. The van der Waals surface area contributed by atoms with E-state index in [4.69, 9.17) is 10.5 Å². The molecule has 15 heavy (non-hydrogen) atoms. The lowest BCUT2D eigenvalue weighted by molar-refractivity contribution is -0.164. The molecule has 1 fully saturated rings. The monoisotopic (exact) mass is 232 g/mol. The van der Waals surface area contributed by atoms with Gasteiger partial charge in [0.2, 0.25) is 11.4 Å². The van der Waals surface area contributed by atoms with Crippen LogP contribution in [0.15, 0.2) is 0 Å². The summed E-state index contributed by atoms with van der Waals surface area (Å²) in [6.45, 7) is 5.26. The molecule has 5 nitrogen and oxygen atoms in total. The number of carbonyl (C=O) groups excluding carboxylic acids is 2. The lowest BCUT2D eigenvalue weighted by atomic mass is 10.0. The fourth-order valence-corrected chi connectivity index (χ4v) is 2.30. The van der Waals surface area contributed by atoms with Crippen molar-refractivity contribution in [2.75, 3.05) is 11.6 Å². The summed E-state index contributed by atoms with van der Waals surface area (Å²) in [5, 5.41) is 2.81. The predicted molar refractivity (Wildman–Crippen MR) is 58.2 cm³/mol. The van der Waals surface area contributed by atoms with Gasteiger partial charge in [-0.2, -0.15) is 0 Å². The summed E-state index contributed by atoms with van der Waals surface area (Å²) < 4.78 is 5.17. The Morgan fingerprint density at radius 2 is 2.07 bits per heavy atom. The van der Waals surface area contributed by atoms with Crippen molar-refractivity contribution in [2.45, 2.75) is 31.9 Å². The molecule has 1 aliphatic rings. The Balaban J connectivity index is 2.82. The van der Waals surface area contributed by atoms with E-state index in [0.717, 1.165) is 0 Å². The summed E-state index contributed by atoms with van der Waals surface area (Å²) in [5.41, 5.74) is 3.27. The first-order chi connectivity index (χ1) is 6.78. The van der Waals surface area contributed by atoms with Crippen molar-refractivity contribution in [1.82, 2.24) is 5.32 Å². The molecule has 0 aliphatic carbocycles. The van der Waals surface area contributed by atoms with Gasteiger partial charge in [-0.1, -0.05) is 0 Å². The molecule has 86 valence electrons. The quantitative estimate of drug-likeness (QED) is 0.511. The Morgan fingerprint density at radius 3 is 2.40 bits per heavy atom. The van der Waals surface area contributed by atoms with Gasteiger partial charge in [0.1, 0.15) is 5.60 Å². The van der Waals surface area contributed by atoms with Crippen molar-refractivity contribution < 1.29 is 14.3 Å². The third-order valence-corrected chi connectivity index (χ3v) is 2.95. The van der Waals surface area contributed by atoms with Crippen LogP contribution < -0.4 is 11.1 Å². The number of carbonyl (C=O) groups is 2. The van der Waals surface area contributed by atoms with Gasteiger partial charge in [-0.25, -0.2) is 4.79 Å². The Labute approximate surface area is 93.1 Å². The Bertz CT molecular complexity index is 280. The van der Waals surface area contributed by atoms with E-state index in [-0.39, 0.29) is 0 Å². The van der Waals surface area contributed by atoms with Gasteiger partial charge >= 0.3 is 5.97 Å². The van der Waals surface area contributed by atoms with Crippen molar-refractivity contribution in [2.24, 2.45) is 5.73 Å². The van der Waals surface area contributed by atoms with Crippen LogP contribution in [0.5, 0.6) is 0 Å². The molecular formula is C9H16N2O3S. The van der Waals surface area contributed by atoms with Crippen molar-refractivity contribution in [3.8, 4) is 0 Å². The van der Waals surface area contributed by atoms with Crippen LogP contribution in [0, 0.1) is 0 Å². The molecule has 1 unspecified atom stereocenters. The molecule has 0 aromatic carbocycles. The Morgan fingerprint density at radius 1 is 1.47 bits per heavy atom. The molecule has 1 saturated heterocycles. The first kappa shape index (κ1) is 12.3. The first-order valence-corrected chi connectivity index (χ1v) is 5.79. The second-order valence-corrected chi connectivity index (χ2v) is 5.43. The molecule has 0 bridgehead atoms. The number of esters is 1. The summed E-state index contributed by atoms with van der Waals surface area (Å²) in [5.74, 6) is -0.409. The Hall–Kier alpha value is -0.750. The highest BCUT2D eigenvalue weighted by Crippen LogP contribution is 2.24. The van der Waals surface area contributed by atoms with Crippen LogP contribution in [-0.4, -0.2) is 34.6 Å². The maximum atomic E-state index is 11.8. The highest BCUT2D eigenvalue weighted by molar-refractivity contribution is 7.99. The molecule has 1 atom stereocenters. The summed E-state index contributed by atoms with van der Waals surface area (Å²) in [6, 6.07) is 0. The van der Waals surface area contributed by atoms with Crippen molar-refractivity contribution in [3.05, 3.63) is 0 Å². The smallest absolute Gasteiger partial charge is 0.337 e. The zero-order valence-corrected chi connectivity index (χ0v) is 9.94. The molecule has 0 aromatic heterocycles. The molecule has 0 spiro atoms. The van der Waals surface area contributed by atoms with Gasteiger partial charge in [0.05, 0.1) is 0 Å². The first-order valence-electron chi connectivity index (χ1n) is 4.64. The molecule has 1 heterocycles. The lowest BCUT2D eigenvalue weighted by Gasteiger charge is -2.28. The fraction of sp³-hybridized carbons (Fsp3) is 0.778. The molecule has 1 aliphatic heterocycles. The maximum absolute atomic E-state index is 11.8. The predicted octanol–water partition coefficient (Wildman–Crippen LogP) is -0.154. The highest BCUT2D eigenvalue weighted by Gasteiger charge is 2.49. The van der Waals surface area contributed by atoms with Crippen LogP contribution in [0.4, 0.5) is 0 Å². The van der Waals surface area contributed by atoms with Gasteiger partial charge in [0.15, 0.2) is 0 Å². The third-order valence-electron chi connectivity index (χ3n) is 1.96. The SMILES string of the molecule is CC(C)(C)OC(=O)C1(C(N)=O)CSCN1. The van der Waals surface area contributed by atoms with Crippen molar-refractivity contribution in [1.29, 1.82) is 0 Å². The van der Waals surface area contributed by atoms with E-state index in [2.05, 4.69) is 5.32 Å². The molecule has 1 rings (SSSR count). The molecular weight excluding hydrogens is 216 g/mol. The lowest BCUT2D eigenvalue weighted by Crippen LogP contribution is -2.61. The largest absolute Gasteiger partial charge is 0.458 e. The number of nitrogens with two attached hydrogens (primary N) is 1. The van der Waals surface area contributed by atoms with Crippen LogP contribution in [0.25, 0.3) is 0 Å². The summed E-state index contributed by atoms with van der Waals surface area (Å²) in [7, 11) is 0. The molecule has 1 amide bonds. The van der Waals surface area contributed by atoms with Crippen LogP contribution >= 0.6 is 11.8 Å². The molecule has 6 heteroatoms. The number of hydrogen-bond acceptors (Lipinski definition) is 5. The molecule has 0 radical (unpaired) electrons. The van der Waals surface area contributed by atoms with E-state index in [0.29, 0.717) is 11.6 Å². The maximum Gasteiger partial charge on any atom is 0.337 e. The van der Waals surface area contributed by atoms with Crippen LogP contribution in [0.2, 0.25) is 0 Å². The van der Waals surface area contributed by atoms with Crippen LogP contribution in [0.3, 0.4) is 0 Å². The Kier molecular flexibility index (Phi) is 3.30. The summed E-state index contributed by atoms with van der Waals surface area (Å²) in [6.07, 6.45) is 0. The van der Waals surface area contributed by atoms with E-state index >= 15 is 0 Å². The van der Waals surface area contributed by atoms with Crippen molar-refractivity contribution >= 4 is 23.6 Å². The normalized spacial score (nSPS) is 26.3. The minimum Gasteiger partial charge on any atom is -0.458 e. The van der Waals surface area contributed by atoms with Gasteiger partial charge < -0.3 is 10.5 Å². The van der Waals surface area contributed by atoms with Gasteiger partial charge in [0.25, 0.3) is 0 Å². The second kappa shape index (κ2) is 4.02. The average molecular weight is 232 g/mol. The molecule has 3 N–H and O–H groups in total. The summed E-state index contributed by atoms with van der Waals surface area (Å²) >= 11 is 1.45. The van der Waals surface area contributed by atoms with Crippen molar-refractivity contribution in [3.63, 3.8) is 0 Å². The average Bonchev–Trinajstić information content (AvgIpc) is 2.48. The van der Waals surface area contributed by atoms with Gasteiger partial charge in [0, 0.05) is 11.6 Å². The number of hydrogen-bond donors (Lipinski definition) is 2. The topological polar surface area (TPSA) is 81.4 Å². The summed E-state index contributed by atoms with van der Waals surface area (Å²) in [4.78, 5) is 23.1. The number of nitrogens with one attached hydrogen (secondary N) is 1. The van der Waals surface area contributed by atoms with E-state index in [9.17, 15) is 9.59 Å². The van der Waals surface area contributed by atoms with Crippen LogP contribution in [0.1, 0.15) is 20.8 Å². The number of amides is 1. The van der Waals surface area contributed by atoms with Gasteiger partial charge in [-0.3, -0.25) is 10.1 Å².